The molecule has 0 aliphatic carbocycles. The lowest BCUT2D eigenvalue weighted by Gasteiger charge is -2.47. The number of aryl methyl sites for hydroxylation is 2. The van der Waals surface area contributed by atoms with Gasteiger partial charge in [-0.05, 0) is 52.1 Å². The van der Waals surface area contributed by atoms with E-state index in [1.54, 1.807) is 23.0 Å². The van der Waals surface area contributed by atoms with Crippen molar-refractivity contribution in [3.63, 3.8) is 0 Å². The molecule has 8 heteroatoms. The van der Waals surface area contributed by atoms with E-state index in [1.807, 2.05) is 13.0 Å². The molecule has 170 valence electrons. The van der Waals surface area contributed by atoms with Crippen molar-refractivity contribution in [2.24, 2.45) is 7.05 Å². The zero-order chi connectivity index (χ0) is 22.2. The number of hydrogen-bond donors (Lipinski definition) is 0. The van der Waals surface area contributed by atoms with Crippen molar-refractivity contribution in [3.05, 3.63) is 47.3 Å². The summed E-state index contributed by atoms with van der Waals surface area (Å²) in [5.41, 5.74) is 2.35. The number of hydrogen-bond acceptors (Lipinski definition) is 5. The highest BCUT2D eigenvalue weighted by molar-refractivity contribution is 7.89. The van der Waals surface area contributed by atoms with E-state index in [0.717, 1.165) is 38.8 Å². The molecule has 1 atom stereocenters. The molecule has 0 N–H and O–H groups in total. The lowest BCUT2D eigenvalue weighted by molar-refractivity contribution is -0.125. The lowest BCUT2D eigenvalue weighted by Crippen LogP contribution is -2.54. The Morgan fingerprint density at radius 3 is 2.48 bits per heavy atom. The molecule has 0 amide bonds. The Bertz CT molecular complexity index is 1010. The van der Waals surface area contributed by atoms with E-state index < -0.39 is 10.0 Å². The maximum absolute atomic E-state index is 13.3. The third-order valence-electron chi connectivity index (χ3n) is 7.04. The average molecular weight is 447 g/mol. The number of sulfonamides is 1. The van der Waals surface area contributed by atoms with Crippen LogP contribution in [0, 0.1) is 13.8 Å². The summed E-state index contributed by atoms with van der Waals surface area (Å²) in [5, 5.41) is 4.30. The Hall–Kier alpha value is -1.74. The Kier molecular flexibility index (Phi) is 6.27. The molecule has 1 spiro atoms. The second-order valence-electron chi connectivity index (χ2n) is 9.11. The van der Waals surface area contributed by atoms with Crippen LogP contribution in [0.25, 0.3) is 0 Å². The molecule has 2 saturated heterocycles. The standard InChI is InChI=1S/C23H34N4O3S/c1-18-22(19(2)26(4)24-18)31(28,29)27-13-11-23(12-14-27)16-21(10-15-30-23)25(3)17-20-8-6-5-7-9-20/h5-9,21H,10-17H2,1-4H3. The largest absolute Gasteiger partial charge is 0.375 e. The Balaban J connectivity index is 1.42. The Morgan fingerprint density at radius 1 is 1.19 bits per heavy atom. The monoisotopic (exact) mass is 446 g/mol. The van der Waals surface area contributed by atoms with Gasteiger partial charge in [0.05, 0.1) is 17.0 Å². The predicted octanol–water partition coefficient (Wildman–Crippen LogP) is 2.87. The van der Waals surface area contributed by atoms with Crippen LogP contribution < -0.4 is 0 Å². The highest BCUT2D eigenvalue weighted by atomic mass is 32.2. The molecule has 2 fully saturated rings. The highest BCUT2D eigenvalue weighted by Crippen LogP contribution is 2.38. The van der Waals surface area contributed by atoms with Crippen molar-refractivity contribution in [2.75, 3.05) is 26.7 Å². The third kappa shape index (κ3) is 4.44. The van der Waals surface area contributed by atoms with Gasteiger partial charge in [-0.1, -0.05) is 30.3 Å². The first-order valence-corrected chi connectivity index (χ1v) is 12.5. The van der Waals surface area contributed by atoms with Crippen molar-refractivity contribution >= 4 is 10.0 Å². The van der Waals surface area contributed by atoms with Gasteiger partial charge in [0.15, 0.2) is 0 Å². The highest BCUT2D eigenvalue weighted by Gasteiger charge is 2.44. The van der Waals surface area contributed by atoms with Gasteiger partial charge in [-0.25, -0.2) is 8.42 Å². The van der Waals surface area contributed by atoms with Crippen LogP contribution in [0.4, 0.5) is 0 Å². The van der Waals surface area contributed by atoms with Crippen LogP contribution in [-0.4, -0.2) is 65.8 Å². The van der Waals surface area contributed by atoms with Crippen LogP contribution in [0.1, 0.15) is 42.6 Å². The predicted molar refractivity (Wildman–Crippen MR) is 120 cm³/mol. The van der Waals surface area contributed by atoms with Crippen LogP contribution in [0.15, 0.2) is 35.2 Å². The van der Waals surface area contributed by atoms with Gasteiger partial charge in [0.2, 0.25) is 10.0 Å². The van der Waals surface area contributed by atoms with E-state index in [1.165, 1.54) is 5.56 Å². The zero-order valence-electron chi connectivity index (χ0n) is 19.0. The van der Waals surface area contributed by atoms with E-state index in [2.05, 4.69) is 41.3 Å². The van der Waals surface area contributed by atoms with Crippen molar-refractivity contribution in [1.29, 1.82) is 0 Å². The van der Waals surface area contributed by atoms with Crippen molar-refractivity contribution in [1.82, 2.24) is 19.0 Å². The molecule has 1 aromatic heterocycles. The first-order chi connectivity index (χ1) is 14.7. The normalized spacial score (nSPS) is 22.3. The number of nitrogens with zero attached hydrogens (tertiary/aromatic N) is 4. The van der Waals surface area contributed by atoms with Gasteiger partial charge in [-0.3, -0.25) is 9.58 Å². The molecular formula is C23H34N4O3S. The second kappa shape index (κ2) is 8.65. The van der Waals surface area contributed by atoms with Crippen LogP contribution in [0.3, 0.4) is 0 Å². The number of ether oxygens (including phenoxy) is 1. The Labute approximate surface area is 186 Å². The summed E-state index contributed by atoms with van der Waals surface area (Å²) in [4.78, 5) is 2.78. The van der Waals surface area contributed by atoms with Gasteiger partial charge >= 0.3 is 0 Å². The molecule has 7 nitrogen and oxygen atoms in total. The first-order valence-electron chi connectivity index (χ1n) is 11.1. The minimum atomic E-state index is -3.54. The van der Waals surface area contributed by atoms with E-state index in [0.29, 0.717) is 35.4 Å². The molecule has 1 aromatic carbocycles. The van der Waals surface area contributed by atoms with Crippen LogP contribution in [-0.2, 0) is 28.4 Å². The van der Waals surface area contributed by atoms with Crippen molar-refractivity contribution < 1.29 is 13.2 Å². The van der Waals surface area contributed by atoms with Gasteiger partial charge in [0.1, 0.15) is 4.90 Å². The van der Waals surface area contributed by atoms with Gasteiger partial charge in [-0.2, -0.15) is 9.40 Å². The van der Waals surface area contributed by atoms with Gasteiger partial charge in [0.25, 0.3) is 0 Å². The average Bonchev–Trinajstić information content (AvgIpc) is 3.01. The fraction of sp³-hybridized carbons (Fsp3) is 0.609. The molecule has 0 saturated carbocycles. The summed E-state index contributed by atoms with van der Waals surface area (Å²) < 4.78 is 36.2. The number of benzene rings is 1. The van der Waals surface area contributed by atoms with Gasteiger partial charge < -0.3 is 4.74 Å². The molecule has 4 rings (SSSR count). The number of piperidine rings is 1. The molecule has 2 aliphatic rings. The quantitative estimate of drug-likeness (QED) is 0.707. The van der Waals surface area contributed by atoms with Crippen LogP contribution in [0.2, 0.25) is 0 Å². The summed E-state index contributed by atoms with van der Waals surface area (Å²) in [6, 6.07) is 11.0. The molecule has 2 aromatic rings. The molecule has 31 heavy (non-hydrogen) atoms. The molecular weight excluding hydrogens is 412 g/mol. The summed E-state index contributed by atoms with van der Waals surface area (Å²) in [5.74, 6) is 0. The summed E-state index contributed by atoms with van der Waals surface area (Å²) in [6.07, 6.45) is 3.44. The second-order valence-corrected chi connectivity index (χ2v) is 11.0. The minimum absolute atomic E-state index is 0.223. The number of rotatable bonds is 5. The third-order valence-corrected chi connectivity index (χ3v) is 9.19. The lowest BCUT2D eigenvalue weighted by atomic mass is 9.82. The van der Waals surface area contributed by atoms with E-state index in [9.17, 15) is 8.42 Å². The van der Waals surface area contributed by atoms with Crippen LogP contribution in [0.5, 0.6) is 0 Å². The molecule has 0 bridgehead atoms. The fourth-order valence-electron chi connectivity index (χ4n) is 5.12. The number of aromatic nitrogens is 2. The van der Waals surface area contributed by atoms with E-state index >= 15 is 0 Å². The van der Waals surface area contributed by atoms with Gasteiger partial charge in [0, 0.05) is 39.3 Å². The van der Waals surface area contributed by atoms with E-state index in [4.69, 9.17) is 4.74 Å². The summed E-state index contributed by atoms with van der Waals surface area (Å²) in [7, 11) is 0.427. The molecule has 3 heterocycles. The summed E-state index contributed by atoms with van der Waals surface area (Å²) in [6.45, 7) is 6.22. The Morgan fingerprint density at radius 2 is 1.87 bits per heavy atom. The zero-order valence-corrected chi connectivity index (χ0v) is 19.9. The van der Waals surface area contributed by atoms with Crippen molar-refractivity contribution in [3.8, 4) is 0 Å². The maximum Gasteiger partial charge on any atom is 0.246 e. The molecule has 2 aliphatic heterocycles. The summed E-state index contributed by atoms with van der Waals surface area (Å²) >= 11 is 0. The smallest absolute Gasteiger partial charge is 0.246 e. The van der Waals surface area contributed by atoms with Crippen LogP contribution >= 0.6 is 0 Å². The maximum atomic E-state index is 13.3. The first kappa shape index (κ1) is 22.5. The molecule has 0 radical (unpaired) electrons. The van der Waals surface area contributed by atoms with E-state index in [-0.39, 0.29) is 5.60 Å². The van der Waals surface area contributed by atoms with Crippen molar-refractivity contribution in [2.45, 2.75) is 62.6 Å². The molecule has 1 unspecified atom stereocenters. The fourth-order valence-corrected chi connectivity index (χ4v) is 6.96. The topological polar surface area (TPSA) is 67.7 Å². The SMILES string of the molecule is Cc1nn(C)c(C)c1S(=O)(=O)N1CCC2(CC1)CC(N(C)Cc1ccccc1)CCO2. The van der Waals surface area contributed by atoms with Gasteiger partial charge in [-0.15, -0.1) is 0 Å². The minimum Gasteiger partial charge on any atom is -0.375 e.